The quantitative estimate of drug-likeness (QED) is 0.844. The molecule has 0 aliphatic rings. The summed E-state index contributed by atoms with van der Waals surface area (Å²) in [6, 6.07) is 0.248. The first-order chi connectivity index (χ1) is 9.99. The summed E-state index contributed by atoms with van der Waals surface area (Å²) in [6.45, 7) is 6.94. The van der Waals surface area contributed by atoms with E-state index >= 15 is 0 Å². The molecule has 116 valence electrons. The molecule has 2 aromatic rings. The van der Waals surface area contributed by atoms with Crippen LogP contribution in [0.15, 0.2) is 9.59 Å². The molecule has 0 saturated heterocycles. The standard InChI is InChI=1S/C14H23N5O2/c1-5-7-8-19-10-11(16-13(19)15-9(3)6-2)18(4)14(21)17-12(10)20/h9H,5-8H2,1-4H3,(H,15,16)(H,17,20,21)/t9-/m0/s1. The third-order valence-corrected chi connectivity index (χ3v) is 3.73. The Morgan fingerprint density at radius 1 is 1.33 bits per heavy atom. The van der Waals surface area contributed by atoms with E-state index in [0.717, 1.165) is 19.3 Å². The first-order valence-corrected chi connectivity index (χ1v) is 7.45. The van der Waals surface area contributed by atoms with Crippen LogP contribution in [-0.4, -0.2) is 25.1 Å². The number of rotatable bonds is 6. The molecule has 2 rings (SSSR count). The highest BCUT2D eigenvalue weighted by molar-refractivity contribution is 5.74. The highest BCUT2D eigenvalue weighted by atomic mass is 16.2. The van der Waals surface area contributed by atoms with Crippen LogP contribution in [0.1, 0.15) is 40.0 Å². The molecule has 21 heavy (non-hydrogen) atoms. The predicted octanol–water partition coefficient (Wildman–Crippen LogP) is 1.43. The molecule has 2 heterocycles. The lowest BCUT2D eigenvalue weighted by atomic mass is 10.3. The number of nitrogens with zero attached hydrogens (tertiary/aromatic N) is 3. The smallest absolute Gasteiger partial charge is 0.329 e. The zero-order valence-electron chi connectivity index (χ0n) is 13.1. The van der Waals surface area contributed by atoms with Crippen LogP contribution in [0.3, 0.4) is 0 Å². The van der Waals surface area contributed by atoms with Gasteiger partial charge in [0.2, 0.25) is 5.95 Å². The molecular weight excluding hydrogens is 270 g/mol. The predicted molar refractivity (Wildman–Crippen MR) is 83.9 cm³/mol. The van der Waals surface area contributed by atoms with Crippen LogP contribution < -0.4 is 16.6 Å². The molecule has 0 spiro atoms. The fraction of sp³-hybridized carbons (Fsp3) is 0.643. The van der Waals surface area contributed by atoms with Gasteiger partial charge in [-0.2, -0.15) is 4.98 Å². The molecule has 0 aliphatic carbocycles. The van der Waals surface area contributed by atoms with Gasteiger partial charge in [-0.1, -0.05) is 20.3 Å². The fourth-order valence-electron chi connectivity index (χ4n) is 2.20. The number of aromatic nitrogens is 4. The zero-order valence-corrected chi connectivity index (χ0v) is 13.1. The molecule has 0 aromatic carbocycles. The van der Waals surface area contributed by atoms with Crippen LogP contribution in [-0.2, 0) is 13.6 Å². The maximum Gasteiger partial charge on any atom is 0.329 e. The average molecular weight is 293 g/mol. The molecule has 0 bridgehead atoms. The minimum atomic E-state index is -0.442. The van der Waals surface area contributed by atoms with Crippen LogP contribution in [0.2, 0.25) is 0 Å². The lowest BCUT2D eigenvalue weighted by Crippen LogP contribution is -2.29. The SMILES string of the molecule is CCCCn1c(N[C@@H](C)CC)nc2c1c(=O)[nH]c(=O)n2C. The molecule has 2 N–H and O–H groups in total. The molecule has 0 saturated carbocycles. The van der Waals surface area contributed by atoms with E-state index in [1.54, 1.807) is 7.05 Å². The Kier molecular flexibility index (Phi) is 4.50. The number of hydrogen-bond acceptors (Lipinski definition) is 4. The highest BCUT2D eigenvalue weighted by Gasteiger charge is 2.17. The second-order valence-corrected chi connectivity index (χ2v) is 5.38. The summed E-state index contributed by atoms with van der Waals surface area (Å²) in [5, 5.41) is 3.32. The van der Waals surface area contributed by atoms with E-state index in [4.69, 9.17) is 0 Å². The Morgan fingerprint density at radius 3 is 2.67 bits per heavy atom. The molecule has 0 unspecified atom stereocenters. The van der Waals surface area contributed by atoms with Crippen molar-refractivity contribution in [3.05, 3.63) is 20.8 Å². The minimum Gasteiger partial charge on any atom is -0.353 e. The molecular formula is C14H23N5O2. The van der Waals surface area contributed by atoms with Crippen molar-refractivity contribution in [3.8, 4) is 0 Å². The summed E-state index contributed by atoms with van der Waals surface area (Å²) >= 11 is 0. The lowest BCUT2D eigenvalue weighted by molar-refractivity contribution is 0.638. The Morgan fingerprint density at radius 2 is 2.05 bits per heavy atom. The molecule has 7 nitrogen and oxygen atoms in total. The number of anilines is 1. The number of unbranched alkanes of at least 4 members (excludes halogenated alkanes) is 1. The first kappa shape index (κ1) is 15.3. The van der Waals surface area contributed by atoms with Crippen molar-refractivity contribution in [3.63, 3.8) is 0 Å². The van der Waals surface area contributed by atoms with E-state index in [-0.39, 0.29) is 11.6 Å². The minimum absolute atomic E-state index is 0.248. The highest BCUT2D eigenvalue weighted by Crippen LogP contribution is 2.17. The number of fused-ring (bicyclic) bond motifs is 1. The number of aryl methyl sites for hydroxylation is 2. The second-order valence-electron chi connectivity index (χ2n) is 5.38. The Bertz CT molecular complexity index is 740. The summed E-state index contributed by atoms with van der Waals surface area (Å²) in [5.74, 6) is 0.652. The van der Waals surface area contributed by atoms with Crippen molar-refractivity contribution in [2.75, 3.05) is 5.32 Å². The summed E-state index contributed by atoms with van der Waals surface area (Å²) < 4.78 is 3.25. The van der Waals surface area contributed by atoms with Crippen LogP contribution in [0.25, 0.3) is 11.2 Å². The Labute approximate surface area is 123 Å². The van der Waals surface area contributed by atoms with Crippen molar-refractivity contribution in [2.24, 2.45) is 7.05 Å². The average Bonchev–Trinajstić information content (AvgIpc) is 2.81. The van der Waals surface area contributed by atoms with Gasteiger partial charge in [0.15, 0.2) is 11.2 Å². The van der Waals surface area contributed by atoms with E-state index in [9.17, 15) is 9.59 Å². The topological polar surface area (TPSA) is 84.7 Å². The third kappa shape index (κ3) is 2.86. The van der Waals surface area contributed by atoms with E-state index in [1.165, 1.54) is 4.57 Å². The zero-order chi connectivity index (χ0) is 15.6. The van der Waals surface area contributed by atoms with Gasteiger partial charge in [-0.25, -0.2) is 4.79 Å². The lowest BCUT2D eigenvalue weighted by Gasteiger charge is -2.14. The maximum atomic E-state index is 12.1. The van der Waals surface area contributed by atoms with Crippen molar-refractivity contribution >= 4 is 17.1 Å². The summed E-state index contributed by atoms with van der Waals surface area (Å²) in [6.07, 6.45) is 2.92. The fourth-order valence-corrected chi connectivity index (χ4v) is 2.20. The van der Waals surface area contributed by atoms with Crippen molar-refractivity contribution in [1.82, 2.24) is 19.1 Å². The van der Waals surface area contributed by atoms with Gasteiger partial charge in [-0.15, -0.1) is 0 Å². The van der Waals surface area contributed by atoms with Crippen molar-refractivity contribution in [2.45, 2.75) is 52.6 Å². The monoisotopic (exact) mass is 293 g/mol. The third-order valence-electron chi connectivity index (χ3n) is 3.73. The van der Waals surface area contributed by atoms with Crippen LogP contribution in [0.5, 0.6) is 0 Å². The van der Waals surface area contributed by atoms with E-state index in [0.29, 0.717) is 23.7 Å². The second kappa shape index (κ2) is 6.15. The molecule has 0 fully saturated rings. The molecule has 0 radical (unpaired) electrons. The molecule has 0 aliphatic heterocycles. The number of H-pyrrole nitrogens is 1. The van der Waals surface area contributed by atoms with E-state index in [2.05, 4.69) is 36.1 Å². The summed E-state index contributed by atoms with van der Waals surface area (Å²) in [4.78, 5) is 30.7. The van der Waals surface area contributed by atoms with Gasteiger partial charge in [0.25, 0.3) is 5.56 Å². The normalized spacial score (nSPS) is 12.8. The Hall–Kier alpha value is -2.05. The largest absolute Gasteiger partial charge is 0.353 e. The number of aromatic amines is 1. The molecule has 2 aromatic heterocycles. The van der Waals surface area contributed by atoms with Crippen LogP contribution >= 0.6 is 0 Å². The van der Waals surface area contributed by atoms with Crippen molar-refractivity contribution < 1.29 is 0 Å². The molecule has 0 amide bonds. The van der Waals surface area contributed by atoms with Gasteiger partial charge in [-0.3, -0.25) is 14.3 Å². The first-order valence-electron chi connectivity index (χ1n) is 7.45. The van der Waals surface area contributed by atoms with Crippen LogP contribution in [0, 0.1) is 0 Å². The van der Waals surface area contributed by atoms with Gasteiger partial charge >= 0.3 is 5.69 Å². The molecule has 1 atom stereocenters. The van der Waals surface area contributed by atoms with Gasteiger partial charge in [-0.05, 0) is 19.8 Å². The number of nitrogens with one attached hydrogen (secondary N) is 2. The molecule has 7 heteroatoms. The van der Waals surface area contributed by atoms with Gasteiger partial charge < -0.3 is 9.88 Å². The van der Waals surface area contributed by atoms with Gasteiger partial charge in [0, 0.05) is 19.6 Å². The van der Waals surface area contributed by atoms with Gasteiger partial charge in [0.1, 0.15) is 0 Å². The maximum absolute atomic E-state index is 12.1. The van der Waals surface area contributed by atoms with E-state index < -0.39 is 5.69 Å². The Balaban J connectivity index is 2.66. The van der Waals surface area contributed by atoms with Crippen molar-refractivity contribution in [1.29, 1.82) is 0 Å². The number of imidazole rings is 1. The van der Waals surface area contributed by atoms with E-state index in [1.807, 2.05) is 4.57 Å². The van der Waals surface area contributed by atoms with Gasteiger partial charge in [0.05, 0.1) is 0 Å². The number of hydrogen-bond donors (Lipinski definition) is 2. The summed E-state index contributed by atoms with van der Waals surface area (Å²) in [7, 11) is 1.62. The summed E-state index contributed by atoms with van der Waals surface area (Å²) in [5.41, 5.74) is 0.0543. The van der Waals surface area contributed by atoms with Crippen LogP contribution in [0.4, 0.5) is 5.95 Å².